The number of rotatable bonds is 1. The van der Waals surface area contributed by atoms with Gasteiger partial charge in [-0.25, -0.2) is 0 Å². The van der Waals surface area contributed by atoms with E-state index >= 15 is 0 Å². The van der Waals surface area contributed by atoms with Crippen LogP contribution in [0.4, 0.5) is 0 Å². The van der Waals surface area contributed by atoms with E-state index in [-0.39, 0.29) is 56.6 Å². The van der Waals surface area contributed by atoms with Gasteiger partial charge in [-0.05, 0) is 98.2 Å². The number of esters is 2. The van der Waals surface area contributed by atoms with Crippen molar-refractivity contribution in [3.8, 4) is 0 Å². The van der Waals surface area contributed by atoms with Gasteiger partial charge in [0.15, 0.2) is 0 Å². The summed E-state index contributed by atoms with van der Waals surface area (Å²) in [5.41, 5.74) is 0.665. The molecule has 1 heterocycles. The second kappa shape index (κ2) is 7.32. The summed E-state index contributed by atoms with van der Waals surface area (Å²) in [6.45, 7) is 18.9. The van der Waals surface area contributed by atoms with Crippen molar-refractivity contribution in [3.63, 3.8) is 0 Å². The maximum Gasteiger partial charge on any atom is 0.312 e. The van der Waals surface area contributed by atoms with Crippen LogP contribution in [0.25, 0.3) is 0 Å². The predicted molar refractivity (Wildman–Crippen MR) is 140 cm³/mol. The quantitative estimate of drug-likeness (QED) is 0.355. The summed E-state index contributed by atoms with van der Waals surface area (Å²) in [5.74, 6) is 2.23. The van der Waals surface area contributed by atoms with E-state index in [4.69, 9.17) is 9.47 Å². The fraction of sp³-hybridized carbons (Fsp3) is 0.938. The average molecular weight is 499 g/mol. The lowest BCUT2D eigenvalue weighted by Crippen LogP contribution is -2.68. The molecule has 1 saturated heterocycles. The van der Waals surface area contributed by atoms with Crippen LogP contribution < -0.4 is 0 Å². The summed E-state index contributed by atoms with van der Waals surface area (Å²) in [5, 5.41) is 0. The van der Waals surface area contributed by atoms with Crippen molar-refractivity contribution in [1.29, 1.82) is 0 Å². The van der Waals surface area contributed by atoms with Gasteiger partial charge in [-0.15, -0.1) is 0 Å². The van der Waals surface area contributed by atoms with Gasteiger partial charge in [-0.2, -0.15) is 0 Å². The standard InChI is InChI=1S/C32H50O4/c1-19(33)35-23-12-13-29(6)21(28(23,4)5)11-14-31(8)22(29)10-9-20-24-25-27(2,3)15-17-32(24,26(34)36-25)18-16-30(20,31)7/h20-25H,9-18H2,1-8H3/t20?,21?,22?,23-,24?,25?,29?,30-,31?,32?/m0/s1. The molecule has 0 aromatic heterocycles. The second-order valence-corrected chi connectivity index (χ2v) is 16.1. The minimum atomic E-state index is -0.210. The highest BCUT2D eigenvalue weighted by atomic mass is 16.6. The number of hydrogen-bond donors (Lipinski definition) is 0. The first-order chi connectivity index (χ1) is 16.6. The smallest absolute Gasteiger partial charge is 0.312 e. The van der Waals surface area contributed by atoms with Crippen molar-refractivity contribution in [2.75, 3.05) is 0 Å². The van der Waals surface area contributed by atoms with Gasteiger partial charge in [0.05, 0.1) is 5.41 Å². The second-order valence-electron chi connectivity index (χ2n) is 16.1. The van der Waals surface area contributed by atoms with Crippen molar-refractivity contribution in [3.05, 3.63) is 0 Å². The molecule has 0 N–H and O–H groups in total. The van der Waals surface area contributed by atoms with Gasteiger partial charge in [-0.1, -0.05) is 48.5 Å². The Balaban J connectivity index is 1.36. The van der Waals surface area contributed by atoms with Crippen LogP contribution in [0, 0.1) is 56.2 Å². The summed E-state index contributed by atoms with van der Waals surface area (Å²) >= 11 is 0. The van der Waals surface area contributed by atoms with Gasteiger partial charge in [0.2, 0.25) is 0 Å². The molecule has 202 valence electrons. The van der Waals surface area contributed by atoms with Gasteiger partial charge in [0.1, 0.15) is 12.2 Å². The normalized spacial score (nSPS) is 54.3. The van der Waals surface area contributed by atoms with Crippen LogP contribution in [0.15, 0.2) is 0 Å². The molecule has 8 unspecified atom stereocenters. The van der Waals surface area contributed by atoms with Crippen LogP contribution in [0.3, 0.4) is 0 Å². The van der Waals surface area contributed by atoms with Gasteiger partial charge in [-0.3, -0.25) is 9.59 Å². The molecular formula is C32H50O4. The lowest BCUT2D eigenvalue weighted by Gasteiger charge is -2.73. The molecule has 4 nitrogen and oxygen atoms in total. The Morgan fingerprint density at radius 2 is 1.50 bits per heavy atom. The average Bonchev–Trinajstić information content (AvgIpc) is 3.03. The van der Waals surface area contributed by atoms with E-state index in [1.54, 1.807) is 6.92 Å². The molecule has 2 bridgehead atoms. The monoisotopic (exact) mass is 498 g/mol. The Morgan fingerprint density at radius 3 is 2.19 bits per heavy atom. The fourth-order valence-electron chi connectivity index (χ4n) is 12.2. The molecule has 6 rings (SSSR count). The summed E-state index contributed by atoms with van der Waals surface area (Å²) < 4.78 is 12.2. The van der Waals surface area contributed by atoms with E-state index in [1.165, 1.54) is 32.1 Å². The largest absolute Gasteiger partial charge is 0.462 e. The molecule has 0 aromatic carbocycles. The molecular weight excluding hydrogens is 448 g/mol. The molecule has 5 aliphatic carbocycles. The molecule has 0 spiro atoms. The zero-order chi connectivity index (χ0) is 26.1. The Morgan fingerprint density at radius 1 is 0.806 bits per heavy atom. The number of hydrogen-bond acceptors (Lipinski definition) is 4. The molecule has 1 aliphatic heterocycles. The lowest BCUT2D eigenvalue weighted by atomic mass is 9.31. The van der Waals surface area contributed by atoms with Crippen LogP contribution in [-0.2, 0) is 19.1 Å². The minimum absolute atomic E-state index is 0.00113. The maximum atomic E-state index is 13.4. The highest BCUT2D eigenvalue weighted by Gasteiger charge is 2.75. The zero-order valence-corrected chi connectivity index (χ0v) is 24.2. The Bertz CT molecular complexity index is 983. The first kappa shape index (κ1) is 25.2. The van der Waals surface area contributed by atoms with Crippen molar-refractivity contribution in [2.45, 2.75) is 132 Å². The van der Waals surface area contributed by atoms with Crippen molar-refractivity contribution in [1.82, 2.24) is 0 Å². The van der Waals surface area contributed by atoms with E-state index < -0.39 is 0 Å². The van der Waals surface area contributed by atoms with E-state index in [2.05, 4.69) is 48.5 Å². The fourth-order valence-corrected chi connectivity index (χ4v) is 12.2. The van der Waals surface area contributed by atoms with Gasteiger partial charge in [0.25, 0.3) is 0 Å². The summed E-state index contributed by atoms with van der Waals surface area (Å²) in [4.78, 5) is 25.3. The molecule has 6 fully saturated rings. The van der Waals surface area contributed by atoms with Crippen molar-refractivity contribution < 1.29 is 19.1 Å². The number of carbonyl (C=O) groups is 2. The van der Waals surface area contributed by atoms with E-state index in [0.717, 1.165) is 32.1 Å². The third kappa shape index (κ3) is 2.83. The predicted octanol–water partition coefficient (Wildman–Crippen LogP) is 7.34. The highest BCUT2D eigenvalue weighted by molar-refractivity contribution is 5.81. The Kier molecular flexibility index (Phi) is 5.13. The summed E-state index contributed by atoms with van der Waals surface area (Å²) in [6.07, 6.45) is 11.6. The minimum Gasteiger partial charge on any atom is -0.462 e. The number of fused-ring (bicyclic) bond motifs is 5. The Hall–Kier alpha value is -1.06. The molecule has 4 heteroatoms. The topological polar surface area (TPSA) is 52.6 Å². The van der Waals surface area contributed by atoms with Crippen LogP contribution in [-0.4, -0.2) is 24.1 Å². The number of ether oxygens (including phenoxy) is 2. The third-order valence-electron chi connectivity index (χ3n) is 14.3. The third-order valence-corrected chi connectivity index (χ3v) is 14.3. The maximum absolute atomic E-state index is 13.4. The molecule has 5 saturated carbocycles. The highest BCUT2D eigenvalue weighted by Crippen LogP contribution is 2.78. The van der Waals surface area contributed by atoms with Crippen molar-refractivity contribution >= 4 is 11.9 Å². The number of carbonyl (C=O) groups excluding carboxylic acids is 2. The van der Waals surface area contributed by atoms with Crippen LogP contribution in [0.1, 0.15) is 120 Å². The molecule has 36 heavy (non-hydrogen) atoms. The van der Waals surface area contributed by atoms with Gasteiger partial charge < -0.3 is 9.47 Å². The molecule has 10 atom stereocenters. The van der Waals surface area contributed by atoms with E-state index in [0.29, 0.717) is 23.7 Å². The van der Waals surface area contributed by atoms with Gasteiger partial charge >= 0.3 is 11.9 Å². The summed E-state index contributed by atoms with van der Waals surface area (Å²) in [6, 6.07) is 0. The lowest BCUT2D eigenvalue weighted by molar-refractivity contribution is -0.254. The Labute approximate surface area is 219 Å². The van der Waals surface area contributed by atoms with Gasteiger partial charge in [0, 0.05) is 23.7 Å². The first-order valence-electron chi connectivity index (χ1n) is 15.0. The van der Waals surface area contributed by atoms with E-state index in [1.807, 2.05) is 0 Å². The molecule has 6 aliphatic rings. The van der Waals surface area contributed by atoms with Crippen molar-refractivity contribution in [2.24, 2.45) is 56.2 Å². The molecule has 0 radical (unpaired) electrons. The van der Waals surface area contributed by atoms with E-state index in [9.17, 15) is 9.59 Å². The van der Waals surface area contributed by atoms with Crippen LogP contribution in [0.5, 0.6) is 0 Å². The zero-order valence-electron chi connectivity index (χ0n) is 24.2. The summed E-state index contributed by atoms with van der Waals surface area (Å²) in [7, 11) is 0. The molecule has 0 aromatic rings. The van der Waals surface area contributed by atoms with Crippen LogP contribution in [0.2, 0.25) is 0 Å². The first-order valence-corrected chi connectivity index (χ1v) is 15.0. The molecule has 0 amide bonds. The van der Waals surface area contributed by atoms with Crippen LogP contribution >= 0.6 is 0 Å². The SMILES string of the molecule is CC(=O)O[C@H]1CCC2(C)C(CCC3(C)C2CCC2C4C5OC(=O)C4(CCC5(C)C)CC[C@@]23C)C1(C)C.